The van der Waals surface area contributed by atoms with Crippen LogP contribution in [0.25, 0.3) is 0 Å². The number of benzene rings is 2. The maximum absolute atomic E-state index is 6.17. The number of hydrogen-bond acceptors (Lipinski definition) is 1. The fourth-order valence-electron chi connectivity index (χ4n) is 3.34. The highest BCUT2D eigenvalue weighted by Gasteiger charge is 2.22. The number of rotatable bonds is 5. The number of aliphatic imine (C=N–C) groups is 1. The van der Waals surface area contributed by atoms with Gasteiger partial charge in [-0.05, 0) is 40.0 Å². The summed E-state index contributed by atoms with van der Waals surface area (Å²) >= 11 is 0. The largest absolute Gasteiger partial charge is 0.370 e. The highest BCUT2D eigenvalue weighted by molar-refractivity contribution is 5.78. The van der Waals surface area contributed by atoms with Gasteiger partial charge >= 0.3 is 0 Å². The monoisotopic (exact) mass is 365 g/mol. The summed E-state index contributed by atoms with van der Waals surface area (Å²) < 4.78 is 0. The van der Waals surface area contributed by atoms with Crippen molar-refractivity contribution in [2.24, 2.45) is 10.7 Å². The molecule has 3 heteroatoms. The second kappa shape index (κ2) is 8.60. The summed E-state index contributed by atoms with van der Waals surface area (Å²) in [5.74, 6) is 1.11. The molecule has 146 valence electrons. The molecule has 2 atom stereocenters. The van der Waals surface area contributed by atoms with Gasteiger partial charge in [0.25, 0.3) is 0 Å². The maximum Gasteiger partial charge on any atom is 0.191 e. The predicted molar refractivity (Wildman–Crippen MR) is 117 cm³/mol. The molecule has 0 radical (unpaired) electrons. The van der Waals surface area contributed by atoms with E-state index in [-0.39, 0.29) is 11.5 Å². The van der Waals surface area contributed by atoms with Gasteiger partial charge in [0.2, 0.25) is 0 Å². The Morgan fingerprint density at radius 2 is 1.41 bits per heavy atom. The van der Waals surface area contributed by atoms with Gasteiger partial charge in [0.05, 0.1) is 6.04 Å². The van der Waals surface area contributed by atoms with E-state index in [2.05, 4.69) is 88.1 Å². The van der Waals surface area contributed by atoms with Gasteiger partial charge in [0.15, 0.2) is 5.96 Å². The lowest BCUT2D eigenvalue weighted by atomic mass is 9.85. The van der Waals surface area contributed by atoms with Crippen LogP contribution in [0.3, 0.4) is 0 Å². The molecule has 27 heavy (non-hydrogen) atoms. The Hall–Kier alpha value is -2.29. The van der Waals surface area contributed by atoms with E-state index >= 15 is 0 Å². The van der Waals surface area contributed by atoms with Gasteiger partial charge in [0.1, 0.15) is 0 Å². The highest BCUT2D eigenvalue weighted by Crippen LogP contribution is 2.31. The maximum atomic E-state index is 6.17. The van der Waals surface area contributed by atoms with Crippen molar-refractivity contribution in [1.29, 1.82) is 0 Å². The first-order valence-electron chi connectivity index (χ1n) is 9.84. The van der Waals surface area contributed by atoms with E-state index in [9.17, 15) is 0 Å². The molecule has 0 saturated heterocycles. The minimum atomic E-state index is 0.0358. The topological polar surface area (TPSA) is 41.6 Å². The van der Waals surface area contributed by atoms with Crippen molar-refractivity contribution in [1.82, 2.24) is 4.90 Å². The molecule has 2 aromatic carbocycles. The molecule has 2 N–H and O–H groups in total. The molecule has 0 aliphatic rings. The smallest absolute Gasteiger partial charge is 0.191 e. The summed E-state index contributed by atoms with van der Waals surface area (Å²) in [6, 6.07) is 17.9. The van der Waals surface area contributed by atoms with Gasteiger partial charge in [-0.2, -0.15) is 0 Å². The number of nitrogens with zero attached hydrogens (tertiary/aromatic N) is 2. The highest BCUT2D eigenvalue weighted by atomic mass is 15.2. The molecule has 0 heterocycles. The lowest BCUT2D eigenvalue weighted by Crippen LogP contribution is -2.37. The molecule has 0 aliphatic carbocycles. The van der Waals surface area contributed by atoms with E-state index in [4.69, 9.17) is 5.73 Å². The van der Waals surface area contributed by atoms with E-state index in [0.717, 1.165) is 6.42 Å². The first-order valence-corrected chi connectivity index (χ1v) is 9.84. The molecular formula is C24H35N3. The van der Waals surface area contributed by atoms with Crippen LogP contribution in [0.5, 0.6) is 0 Å². The van der Waals surface area contributed by atoms with Crippen LogP contribution in [-0.4, -0.2) is 25.0 Å². The van der Waals surface area contributed by atoms with Crippen molar-refractivity contribution >= 4 is 5.96 Å². The van der Waals surface area contributed by atoms with Gasteiger partial charge in [-0.15, -0.1) is 0 Å². The summed E-state index contributed by atoms with van der Waals surface area (Å²) in [7, 11) is 3.74. The molecule has 0 aliphatic heterocycles. The summed E-state index contributed by atoms with van der Waals surface area (Å²) in [5, 5.41) is 0. The first kappa shape index (κ1) is 21.0. The quantitative estimate of drug-likeness (QED) is 0.564. The molecule has 2 unspecified atom stereocenters. The zero-order chi connectivity index (χ0) is 20.2. The average molecular weight is 366 g/mol. The Morgan fingerprint density at radius 3 is 1.81 bits per heavy atom. The first-order chi connectivity index (χ1) is 12.7. The molecule has 2 rings (SSSR count). The van der Waals surface area contributed by atoms with Crippen LogP contribution in [0.15, 0.2) is 53.5 Å². The zero-order valence-corrected chi connectivity index (χ0v) is 18.0. The van der Waals surface area contributed by atoms with Crippen LogP contribution in [0.2, 0.25) is 0 Å². The van der Waals surface area contributed by atoms with Gasteiger partial charge < -0.3 is 10.6 Å². The van der Waals surface area contributed by atoms with E-state index in [0.29, 0.717) is 11.9 Å². The van der Waals surface area contributed by atoms with Crippen molar-refractivity contribution in [3.05, 3.63) is 70.8 Å². The molecular weight excluding hydrogens is 330 g/mol. The minimum Gasteiger partial charge on any atom is -0.370 e. The fraction of sp³-hybridized carbons (Fsp3) is 0.458. The summed E-state index contributed by atoms with van der Waals surface area (Å²) in [6.07, 6.45) is 1.15. The van der Waals surface area contributed by atoms with Crippen molar-refractivity contribution in [3.8, 4) is 0 Å². The molecule has 3 nitrogen and oxygen atoms in total. The Kier molecular flexibility index (Phi) is 6.69. The Morgan fingerprint density at radius 1 is 0.963 bits per heavy atom. The van der Waals surface area contributed by atoms with Crippen LogP contribution < -0.4 is 5.73 Å². The lowest BCUT2D eigenvalue weighted by Gasteiger charge is -2.31. The average Bonchev–Trinajstić information content (AvgIpc) is 2.67. The van der Waals surface area contributed by atoms with Crippen LogP contribution in [0, 0.1) is 0 Å². The minimum absolute atomic E-state index is 0.0358. The molecule has 0 amide bonds. The van der Waals surface area contributed by atoms with Crippen molar-refractivity contribution in [3.63, 3.8) is 0 Å². The Labute approximate surface area is 165 Å². The molecule has 0 aromatic heterocycles. The number of guanidine groups is 1. The van der Waals surface area contributed by atoms with Crippen LogP contribution in [0.1, 0.15) is 75.3 Å². The van der Waals surface area contributed by atoms with Gasteiger partial charge in [0, 0.05) is 14.1 Å². The fourth-order valence-corrected chi connectivity index (χ4v) is 3.34. The van der Waals surface area contributed by atoms with E-state index in [1.807, 2.05) is 11.9 Å². The van der Waals surface area contributed by atoms with E-state index < -0.39 is 0 Å². The van der Waals surface area contributed by atoms with Crippen molar-refractivity contribution < 1.29 is 0 Å². The second-order valence-electron chi connectivity index (χ2n) is 8.44. The van der Waals surface area contributed by atoms with Crippen molar-refractivity contribution in [2.75, 3.05) is 14.1 Å². The third-order valence-electron chi connectivity index (χ3n) is 5.50. The molecule has 0 spiro atoms. The van der Waals surface area contributed by atoms with Crippen LogP contribution >= 0.6 is 0 Å². The lowest BCUT2D eigenvalue weighted by molar-refractivity contribution is 0.422. The number of hydrogen-bond donors (Lipinski definition) is 1. The molecule has 0 fully saturated rings. The third-order valence-corrected chi connectivity index (χ3v) is 5.50. The molecule has 0 bridgehead atoms. The predicted octanol–water partition coefficient (Wildman–Crippen LogP) is 5.46. The summed E-state index contributed by atoms with van der Waals surface area (Å²) in [4.78, 5) is 6.24. The molecule has 0 saturated carbocycles. The third kappa shape index (κ3) is 4.91. The van der Waals surface area contributed by atoms with Gasteiger partial charge in [-0.1, -0.05) is 83.1 Å². The number of nitrogens with two attached hydrogens (primary N) is 1. The SMILES string of the molecule is CCC(C)c1ccc(C(c2ccc(C(C)(C)C)cc2)N(C)C(N)=NC)cc1. The van der Waals surface area contributed by atoms with Crippen molar-refractivity contribution in [2.45, 2.75) is 58.4 Å². The van der Waals surface area contributed by atoms with Gasteiger partial charge in [-0.3, -0.25) is 4.99 Å². The van der Waals surface area contributed by atoms with Crippen LogP contribution in [-0.2, 0) is 5.41 Å². The van der Waals surface area contributed by atoms with E-state index in [1.165, 1.54) is 22.3 Å². The summed E-state index contributed by atoms with van der Waals surface area (Å²) in [6.45, 7) is 11.2. The van der Waals surface area contributed by atoms with Gasteiger partial charge in [-0.25, -0.2) is 0 Å². The second-order valence-corrected chi connectivity index (χ2v) is 8.44. The summed E-state index contributed by atoms with van der Waals surface area (Å²) in [5.41, 5.74) is 11.5. The zero-order valence-electron chi connectivity index (χ0n) is 18.0. The standard InChI is InChI=1S/C24H35N3/c1-8-17(2)18-9-11-19(12-10-18)22(27(7)23(25)26-6)20-13-15-21(16-14-20)24(3,4)5/h9-17,22H,8H2,1-7H3,(H2,25,26). The normalized spacial score (nSPS) is 14.7. The Balaban J connectivity index is 2.46. The van der Waals surface area contributed by atoms with E-state index in [1.54, 1.807) is 7.05 Å². The van der Waals surface area contributed by atoms with Crippen LogP contribution in [0.4, 0.5) is 0 Å². The molecule has 2 aromatic rings. The Bertz CT molecular complexity index is 752.